The molecule has 0 spiro atoms. The van der Waals surface area contributed by atoms with Gasteiger partial charge in [0.1, 0.15) is 5.75 Å². The lowest BCUT2D eigenvalue weighted by atomic mass is 9.83. The van der Waals surface area contributed by atoms with Crippen molar-refractivity contribution >= 4 is 68.6 Å². The predicted molar refractivity (Wildman–Crippen MR) is 161 cm³/mol. The maximum Gasteiger partial charge on any atom is 0.414 e. The zero-order chi connectivity index (χ0) is 27.0. The Morgan fingerprint density at radius 2 is 1.55 bits per heavy atom. The van der Waals surface area contributed by atoms with E-state index in [1.807, 2.05) is 92.7 Å². The van der Waals surface area contributed by atoms with Gasteiger partial charge in [-0.3, -0.25) is 9.69 Å². The summed E-state index contributed by atoms with van der Waals surface area (Å²) in [7, 11) is 2.94. The molecule has 0 aliphatic carbocycles. The monoisotopic (exact) mass is 559 g/mol. The van der Waals surface area contributed by atoms with Crippen LogP contribution in [0, 0.1) is 0 Å². The molecule has 0 atom stereocenters. The molecule has 0 unspecified atom stereocenters. The van der Waals surface area contributed by atoms with Crippen molar-refractivity contribution in [2.75, 3.05) is 19.1 Å². The first-order chi connectivity index (χ1) is 18.3. The van der Waals surface area contributed by atoms with Crippen molar-refractivity contribution in [1.29, 1.82) is 0 Å². The molecule has 0 saturated heterocycles. The number of ketones is 1. The second-order valence-electron chi connectivity index (χ2n) is 9.16. The third-order valence-corrected chi connectivity index (χ3v) is 9.84. The van der Waals surface area contributed by atoms with Crippen molar-refractivity contribution in [2.45, 2.75) is 19.4 Å². The largest absolute Gasteiger partial charge is 0.497 e. The van der Waals surface area contributed by atoms with E-state index in [-0.39, 0.29) is 5.78 Å². The Morgan fingerprint density at radius 3 is 2.18 bits per heavy atom. The first kappa shape index (κ1) is 26.3. The van der Waals surface area contributed by atoms with Crippen LogP contribution < -0.4 is 9.64 Å². The van der Waals surface area contributed by atoms with Gasteiger partial charge in [-0.05, 0) is 31.5 Å². The summed E-state index contributed by atoms with van der Waals surface area (Å²) >= 11 is 9.04. The molecule has 3 aromatic carbocycles. The molecule has 2 aliphatic rings. The number of thioether (sulfide) groups is 2. The number of nitrogens with zero attached hydrogens (tertiary/aromatic N) is 1. The van der Waals surface area contributed by atoms with E-state index >= 15 is 0 Å². The normalized spacial score (nSPS) is 18.3. The van der Waals surface area contributed by atoms with Crippen LogP contribution in [0.5, 0.6) is 5.75 Å². The first-order valence-electron chi connectivity index (χ1n) is 11.9. The van der Waals surface area contributed by atoms with Gasteiger partial charge < -0.3 is 9.47 Å². The summed E-state index contributed by atoms with van der Waals surface area (Å²) in [5.41, 5.74) is 2.99. The Labute approximate surface area is 235 Å². The average molecular weight is 560 g/mol. The van der Waals surface area contributed by atoms with Crippen molar-refractivity contribution in [1.82, 2.24) is 0 Å². The number of Topliss-reactive ketones (excluding diaryl/α,β-unsaturated/α-hetero) is 1. The van der Waals surface area contributed by atoms with E-state index in [4.69, 9.17) is 21.7 Å². The molecule has 0 fully saturated rings. The highest BCUT2D eigenvalue weighted by atomic mass is 32.2. The minimum atomic E-state index is -0.871. The number of ether oxygens (including phenoxy) is 2. The maximum absolute atomic E-state index is 13.7. The minimum absolute atomic E-state index is 0.0373. The van der Waals surface area contributed by atoms with E-state index in [0.29, 0.717) is 26.8 Å². The second-order valence-corrected chi connectivity index (χ2v) is 11.9. The molecule has 8 heteroatoms. The molecule has 3 aromatic rings. The molecular formula is C30H25NO4S3. The number of carbonyl (C=O) groups is 2. The van der Waals surface area contributed by atoms with Gasteiger partial charge in [0.15, 0.2) is 0 Å². The Morgan fingerprint density at radius 1 is 0.895 bits per heavy atom. The third kappa shape index (κ3) is 4.46. The van der Waals surface area contributed by atoms with E-state index in [0.717, 1.165) is 25.8 Å². The van der Waals surface area contributed by atoms with Crippen LogP contribution in [0.4, 0.5) is 10.5 Å². The molecule has 192 valence electrons. The van der Waals surface area contributed by atoms with Crippen LogP contribution in [0.2, 0.25) is 0 Å². The molecule has 1 amide bonds. The highest BCUT2D eigenvalue weighted by molar-refractivity contribution is 8.32. The Hall–Kier alpha value is -3.33. The van der Waals surface area contributed by atoms with Gasteiger partial charge in [-0.15, -0.1) is 0 Å². The number of fused-ring (bicyclic) bond motifs is 1. The molecule has 0 aromatic heterocycles. The summed E-state index contributed by atoms with van der Waals surface area (Å²) in [6, 6.07) is 24.8. The number of hydrogen-bond donors (Lipinski definition) is 0. The SMILES string of the molecule is COC(=O)N1c2cc(OC)ccc2/C(=C2\SC(C(=O)c3ccccc3)=C(c3ccccc3)S2)C(=S)C1(C)C. The van der Waals surface area contributed by atoms with Crippen LogP contribution in [0.25, 0.3) is 10.5 Å². The number of rotatable bonds is 4. The van der Waals surface area contributed by atoms with E-state index in [2.05, 4.69) is 0 Å². The number of amides is 1. The van der Waals surface area contributed by atoms with E-state index in [9.17, 15) is 9.59 Å². The number of thiocarbonyl (C=S) groups is 1. The van der Waals surface area contributed by atoms with Crippen molar-refractivity contribution < 1.29 is 19.1 Å². The van der Waals surface area contributed by atoms with Gasteiger partial charge in [-0.2, -0.15) is 0 Å². The highest BCUT2D eigenvalue weighted by Gasteiger charge is 2.46. The fraction of sp³-hybridized carbons (Fsp3) is 0.167. The quantitative estimate of drug-likeness (QED) is 0.183. The molecule has 0 radical (unpaired) electrons. The number of carbonyl (C=O) groups excluding carboxylic acids is 2. The zero-order valence-electron chi connectivity index (χ0n) is 21.3. The topological polar surface area (TPSA) is 55.8 Å². The summed E-state index contributed by atoms with van der Waals surface area (Å²) in [6.45, 7) is 3.81. The first-order valence-corrected chi connectivity index (χ1v) is 13.9. The fourth-order valence-electron chi connectivity index (χ4n) is 4.54. The molecule has 2 heterocycles. The summed E-state index contributed by atoms with van der Waals surface area (Å²) in [5.74, 6) is 0.574. The van der Waals surface area contributed by atoms with Crippen molar-refractivity contribution in [3.63, 3.8) is 0 Å². The van der Waals surface area contributed by atoms with E-state index < -0.39 is 11.6 Å². The van der Waals surface area contributed by atoms with Gasteiger partial charge in [0.05, 0.1) is 39.5 Å². The van der Waals surface area contributed by atoms with Gasteiger partial charge in [-0.1, -0.05) is 96.4 Å². The van der Waals surface area contributed by atoms with Crippen molar-refractivity contribution in [3.8, 4) is 5.75 Å². The van der Waals surface area contributed by atoms with Gasteiger partial charge >= 0.3 is 6.09 Å². The predicted octanol–water partition coefficient (Wildman–Crippen LogP) is 7.83. The maximum atomic E-state index is 13.7. The summed E-state index contributed by atoms with van der Waals surface area (Å²) < 4.78 is 11.5. The average Bonchev–Trinajstić information content (AvgIpc) is 3.38. The molecule has 5 rings (SSSR count). The summed E-state index contributed by atoms with van der Waals surface area (Å²) in [5, 5.41) is 0. The van der Waals surface area contributed by atoms with Crippen LogP contribution in [0.15, 0.2) is 88.0 Å². The fourth-order valence-corrected chi connectivity index (χ4v) is 7.75. The highest BCUT2D eigenvalue weighted by Crippen LogP contribution is 2.59. The number of anilines is 1. The van der Waals surface area contributed by atoms with Crippen molar-refractivity contribution in [2.24, 2.45) is 0 Å². The summed E-state index contributed by atoms with van der Waals surface area (Å²) in [4.78, 5) is 30.4. The van der Waals surface area contributed by atoms with Crippen LogP contribution >= 0.6 is 35.7 Å². The van der Waals surface area contributed by atoms with E-state index in [1.54, 1.807) is 23.8 Å². The second kappa shape index (κ2) is 10.4. The molecule has 38 heavy (non-hydrogen) atoms. The number of allylic oxidation sites excluding steroid dienone is 1. The van der Waals surface area contributed by atoms with Crippen LogP contribution in [-0.2, 0) is 4.74 Å². The number of methoxy groups -OCH3 is 2. The van der Waals surface area contributed by atoms with Crippen LogP contribution in [0.3, 0.4) is 0 Å². The van der Waals surface area contributed by atoms with Gasteiger partial charge in [-0.25, -0.2) is 4.79 Å². The third-order valence-electron chi connectivity index (χ3n) is 6.49. The van der Waals surface area contributed by atoms with Gasteiger partial charge in [0.2, 0.25) is 5.78 Å². The molecule has 0 bridgehead atoms. The smallest absolute Gasteiger partial charge is 0.414 e. The zero-order valence-corrected chi connectivity index (χ0v) is 23.8. The minimum Gasteiger partial charge on any atom is -0.497 e. The van der Waals surface area contributed by atoms with Gasteiger partial charge in [0, 0.05) is 27.7 Å². The van der Waals surface area contributed by atoms with Crippen LogP contribution in [-0.4, -0.2) is 36.5 Å². The van der Waals surface area contributed by atoms with E-state index in [1.165, 1.54) is 18.9 Å². The number of hydrogen-bond acceptors (Lipinski definition) is 7. The molecule has 2 aliphatic heterocycles. The molecule has 0 N–H and O–H groups in total. The summed E-state index contributed by atoms with van der Waals surface area (Å²) in [6.07, 6.45) is -0.509. The Bertz CT molecular complexity index is 1510. The molecule has 0 saturated carbocycles. The number of benzene rings is 3. The lowest BCUT2D eigenvalue weighted by molar-refractivity contribution is 0.104. The van der Waals surface area contributed by atoms with Crippen LogP contribution in [0.1, 0.15) is 35.3 Å². The molecule has 5 nitrogen and oxygen atoms in total. The van der Waals surface area contributed by atoms with Crippen molar-refractivity contribution in [3.05, 3.63) is 105 Å². The Balaban J connectivity index is 1.71. The molecular weight excluding hydrogens is 535 g/mol. The lowest BCUT2D eigenvalue weighted by Gasteiger charge is -2.44. The lowest BCUT2D eigenvalue weighted by Crippen LogP contribution is -2.55. The Kier molecular flexibility index (Phi) is 7.22. The van der Waals surface area contributed by atoms with Gasteiger partial charge in [0.25, 0.3) is 0 Å². The standard InChI is InChI=1S/C30H25NO4S3/c1-30(2)27(36)23(21-16-15-20(34-3)17-22(21)31(30)29(33)35-4)28-37-25(19-13-9-6-10-14-19)26(38-28)24(32)18-11-7-5-8-12-18/h5-17H,1-4H3/b28-23+.